The second-order valence-electron chi connectivity index (χ2n) is 2.77. The zero-order valence-electron chi connectivity index (χ0n) is 6.72. The van der Waals surface area contributed by atoms with Gasteiger partial charge < -0.3 is 10.1 Å². The second kappa shape index (κ2) is 3.53. The molecule has 1 aliphatic heterocycles. The number of ether oxygens (including phenoxy) is 1. The molecule has 1 saturated heterocycles. The summed E-state index contributed by atoms with van der Waals surface area (Å²) < 4.78 is 4.84. The summed E-state index contributed by atoms with van der Waals surface area (Å²) >= 11 is 0. The van der Waals surface area contributed by atoms with Gasteiger partial charge in [-0.2, -0.15) is 0 Å². The highest BCUT2D eigenvalue weighted by Gasteiger charge is 2.23. The summed E-state index contributed by atoms with van der Waals surface area (Å²) in [6.45, 7) is 6.08. The average Bonchev–Trinajstić information content (AvgIpc) is 2.35. The van der Waals surface area contributed by atoms with Gasteiger partial charge in [0.1, 0.15) is 6.04 Å². The highest BCUT2D eigenvalue weighted by Crippen LogP contribution is 2.07. The van der Waals surface area contributed by atoms with Crippen LogP contribution < -0.4 is 5.32 Å². The van der Waals surface area contributed by atoms with E-state index < -0.39 is 0 Å². The summed E-state index contributed by atoms with van der Waals surface area (Å²) in [6, 6.07) is -0.105. The predicted molar refractivity (Wildman–Crippen MR) is 41.9 cm³/mol. The molecular formula is C8H13NO2. The minimum absolute atomic E-state index is 0.105. The van der Waals surface area contributed by atoms with E-state index in [9.17, 15) is 4.79 Å². The molecule has 1 aliphatic rings. The Morgan fingerprint density at radius 2 is 2.45 bits per heavy atom. The predicted octanol–water partition coefficient (Wildman–Crippen LogP) is 0.815. The highest BCUT2D eigenvalue weighted by molar-refractivity contribution is 5.76. The Hall–Kier alpha value is -0.830. The minimum atomic E-state index is -0.199. The highest BCUT2D eigenvalue weighted by atomic mass is 16.5. The number of hydrogen-bond donors (Lipinski definition) is 1. The fourth-order valence-corrected chi connectivity index (χ4v) is 1.13. The minimum Gasteiger partial charge on any atom is -0.431 e. The molecule has 1 heterocycles. The van der Waals surface area contributed by atoms with Gasteiger partial charge >= 0.3 is 5.97 Å². The van der Waals surface area contributed by atoms with E-state index in [2.05, 4.69) is 11.9 Å². The molecule has 0 aromatic heterocycles. The number of rotatable bonds is 2. The van der Waals surface area contributed by atoms with E-state index in [1.165, 1.54) is 0 Å². The molecular weight excluding hydrogens is 142 g/mol. The van der Waals surface area contributed by atoms with Gasteiger partial charge in [0, 0.05) is 0 Å². The number of carbonyl (C=O) groups is 1. The van der Waals surface area contributed by atoms with Gasteiger partial charge in [-0.1, -0.05) is 6.58 Å². The fraction of sp³-hybridized carbons (Fsp3) is 0.625. The summed E-state index contributed by atoms with van der Waals surface area (Å²) in [4.78, 5) is 11.1. The Bertz CT molecular complexity index is 171. The van der Waals surface area contributed by atoms with Crippen molar-refractivity contribution >= 4 is 5.97 Å². The van der Waals surface area contributed by atoms with Gasteiger partial charge in [-0.25, -0.2) is 4.79 Å². The SMILES string of the molecule is C=C(C)OC(=O)C1CCCN1. The lowest BCUT2D eigenvalue weighted by molar-refractivity contribution is -0.141. The first-order valence-electron chi connectivity index (χ1n) is 3.81. The Morgan fingerprint density at radius 3 is 2.91 bits per heavy atom. The van der Waals surface area contributed by atoms with Gasteiger partial charge in [0.25, 0.3) is 0 Å². The molecule has 0 aromatic carbocycles. The number of carbonyl (C=O) groups excluding carboxylic acids is 1. The number of esters is 1. The molecule has 0 aliphatic carbocycles. The first kappa shape index (κ1) is 8.27. The fourth-order valence-electron chi connectivity index (χ4n) is 1.13. The van der Waals surface area contributed by atoms with E-state index in [1.807, 2.05) is 0 Å². The third-order valence-corrected chi connectivity index (χ3v) is 1.62. The lowest BCUT2D eigenvalue weighted by atomic mass is 10.2. The summed E-state index contributed by atoms with van der Waals surface area (Å²) in [5.74, 6) is 0.263. The molecule has 0 aromatic rings. The molecule has 11 heavy (non-hydrogen) atoms. The standard InChI is InChI=1S/C8H13NO2/c1-6(2)11-8(10)7-4-3-5-9-7/h7,9H,1,3-5H2,2H3. The van der Waals surface area contributed by atoms with Crippen molar-refractivity contribution in [1.29, 1.82) is 0 Å². The van der Waals surface area contributed by atoms with Crippen LogP contribution in [0.1, 0.15) is 19.8 Å². The number of hydrogen-bond acceptors (Lipinski definition) is 3. The molecule has 1 atom stereocenters. The van der Waals surface area contributed by atoms with E-state index in [1.54, 1.807) is 6.92 Å². The molecule has 1 rings (SSSR count). The van der Waals surface area contributed by atoms with Crippen LogP contribution in [-0.4, -0.2) is 18.6 Å². The number of allylic oxidation sites excluding steroid dienone is 1. The van der Waals surface area contributed by atoms with Crippen molar-refractivity contribution in [2.45, 2.75) is 25.8 Å². The molecule has 0 amide bonds. The van der Waals surface area contributed by atoms with Crippen LogP contribution in [0.3, 0.4) is 0 Å². The molecule has 1 N–H and O–H groups in total. The average molecular weight is 155 g/mol. The maximum atomic E-state index is 11.1. The van der Waals surface area contributed by atoms with E-state index in [4.69, 9.17) is 4.74 Å². The van der Waals surface area contributed by atoms with Crippen LogP contribution in [0.15, 0.2) is 12.3 Å². The molecule has 3 heteroatoms. The van der Waals surface area contributed by atoms with Gasteiger partial charge in [0.05, 0.1) is 5.76 Å². The first-order chi connectivity index (χ1) is 5.20. The molecule has 0 spiro atoms. The molecule has 0 saturated carbocycles. The van der Waals surface area contributed by atoms with Crippen LogP contribution in [0.4, 0.5) is 0 Å². The van der Waals surface area contributed by atoms with Crippen molar-refractivity contribution in [2.75, 3.05) is 6.54 Å². The van der Waals surface area contributed by atoms with Crippen LogP contribution in [0.2, 0.25) is 0 Å². The maximum absolute atomic E-state index is 11.1. The summed E-state index contributed by atoms with van der Waals surface area (Å²) in [6.07, 6.45) is 1.93. The third kappa shape index (κ3) is 2.35. The van der Waals surface area contributed by atoms with Crippen molar-refractivity contribution in [3.05, 3.63) is 12.3 Å². The van der Waals surface area contributed by atoms with Crippen LogP contribution in [0.25, 0.3) is 0 Å². The van der Waals surface area contributed by atoms with Crippen molar-refractivity contribution in [3.8, 4) is 0 Å². The smallest absolute Gasteiger partial charge is 0.328 e. The molecule has 3 nitrogen and oxygen atoms in total. The van der Waals surface area contributed by atoms with E-state index in [-0.39, 0.29) is 12.0 Å². The largest absolute Gasteiger partial charge is 0.431 e. The molecule has 62 valence electrons. The normalized spacial score (nSPS) is 23.2. The van der Waals surface area contributed by atoms with Gasteiger partial charge in [0.15, 0.2) is 0 Å². The Kier molecular flexibility index (Phi) is 2.65. The lowest BCUT2D eigenvalue weighted by Gasteiger charge is -2.08. The third-order valence-electron chi connectivity index (χ3n) is 1.62. The van der Waals surface area contributed by atoms with Crippen molar-refractivity contribution < 1.29 is 9.53 Å². The zero-order chi connectivity index (χ0) is 8.27. The second-order valence-corrected chi connectivity index (χ2v) is 2.77. The Labute approximate surface area is 66.4 Å². The van der Waals surface area contributed by atoms with E-state index >= 15 is 0 Å². The monoisotopic (exact) mass is 155 g/mol. The van der Waals surface area contributed by atoms with E-state index in [0.29, 0.717) is 5.76 Å². The summed E-state index contributed by atoms with van der Waals surface area (Å²) in [5.41, 5.74) is 0. The first-order valence-corrected chi connectivity index (χ1v) is 3.81. The Balaban J connectivity index is 2.34. The van der Waals surface area contributed by atoms with Gasteiger partial charge in [-0.15, -0.1) is 0 Å². The quantitative estimate of drug-likeness (QED) is 0.474. The van der Waals surface area contributed by atoms with Crippen LogP contribution >= 0.6 is 0 Å². The van der Waals surface area contributed by atoms with Crippen molar-refractivity contribution in [3.63, 3.8) is 0 Å². The van der Waals surface area contributed by atoms with Gasteiger partial charge in [0.2, 0.25) is 0 Å². The molecule has 0 radical (unpaired) electrons. The topological polar surface area (TPSA) is 38.3 Å². The van der Waals surface area contributed by atoms with Crippen LogP contribution in [0, 0.1) is 0 Å². The van der Waals surface area contributed by atoms with Gasteiger partial charge in [-0.3, -0.25) is 0 Å². The molecule has 1 fully saturated rings. The van der Waals surface area contributed by atoms with E-state index in [0.717, 1.165) is 19.4 Å². The number of nitrogens with one attached hydrogen (secondary N) is 1. The zero-order valence-corrected chi connectivity index (χ0v) is 6.72. The van der Waals surface area contributed by atoms with Crippen LogP contribution in [-0.2, 0) is 9.53 Å². The summed E-state index contributed by atoms with van der Waals surface area (Å²) in [7, 11) is 0. The van der Waals surface area contributed by atoms with Crippen LogP contribution in [0.5, 0.6) is 0 Å². The summed E-state index contributed by atoms with van der Waals surface area (Å²) in [5, 5.41) is 3.05. The molecule has 1 unspecified atom stereocenters. The Morgan fingerprint density at radius 1 is 1.73 bits per heavy atom. The van der Waals surface area contributed by atoms with Gasteiger partial charge in [-0.05, 0) is 26.3 Å². The van der Waals surface area contributed by atoms with Crippen molar-refractivity contribution in [1.82, 2.24) is 5.32 Å². The lowest BCUT2D eigenvalue weighted by Crippen LogP contribution is -2.31. The maximum Gasteiger partial charge on any atom is 0.328 e. The van der Waals surface area contributed by atoms with Crippen molar-refractivity contribution in [2.24, 2.45) is 0 Å². The molecule has 0 bridgehead atoms.